The molecular formula is C7H6FN2O. The molecule has 1 aromatic rings. The van der Waals surface area contributed by atoms with Gasteiger partial charge in [0.15, 0.2) is 0 Å². The van der Waals surface area contributed by atoms with Gasteiger partial charge in [-0.15, -0.1) is 0 Å². The Balaban J connectivity index is 3.27. The average Bonchev–Trinajstić information content (AvgIpc) is 1.94. The van der Waals surface area contributed by atoms with Gasteiger partial charge in [0.25, 0.3) is 5.91 Å². The molecule has 0 bridgehead atoms. The summed E-state index contributed by atoms with van der Waals surface area (Å²) < 4.78 is 12.6. The number of nitrogens with two attached hydrogens (primary N) is 2. The van der Waals surface area contributed by atoms with Gasteiger partial charge in [-0.3, -0.25) is 4.79 Å². The molecule has 0 aliphatic carbocycles. The fraction of sp³-hybridized carbons (Fsp3) is 0. The van der Waals surface area contributed by atoms with Crippen LogP contribution in [0.2, 0.25) is 0 Å². The van der Waals surface area contributed by atoms with Crippen molar-refractivity contribution in [3.05, 3.63) is 29.6 Å². The van der Waals surface area contributed by atoms with Crippen molar-refractivity contribution in [2.24, 2.45) is 5.73 Å². The quantitative estimate of drug-likeness (QED) is 0.570. The highest BCUT2D eigenvalue weighted by atomic mass is 19.1. The topological polar surface area (TPSA) is 69.1 Å². The first-order valence-corrected chi connectivity index (χ1v) is 2.88. The van der Waals surface area contributed by atoms with Gasteiger partial charge in [0, 0.05) is 0 Å². The summed E-state index contributed by atoms with van der Waals surface area (Å²) in [6, 6.07) is 4.81. The van der Waals surface area contributed by atoms with Crippen molar-refractivity contribution in [2.45, 2.75) is 0 Å². The zero-order valence-electron chi connectivity index (χ0n) is 5.60. The van der Waals surface area contributed by atoms with Gasteiger partial charge in [0.05, 0.1) is 11.3 Å². The number of benzene rings is 1. The third-order valence-corrected chi connectivity index (χ3v) is 1.23. The summed E-state index contributed by atoms with van der Waals surface area (Å²) in [5.74, 6) is -1.43. The second-order valence-corrected chi connectivity index (χ2v) is 1.98. The summed E-state index contributed by atoms with van der Waals surface area (Å²) in [5.41, 5.74) is 9.69. The molecule has 0 aromatic heterocycles. The molecule has 0 spiro atoms. The fourth-order valence-electron chi connectivity index (χ4n) is 0.689. The van der Waals surface area contributed by atoms with Crippen molar-refractivity contribution in [3.8, 4) is 0 Å². The minimum absolute atomic E-state index is 0.106. The third kappa shape index (κ3) is 1.29. The molecule has 0 aliphatic heterocycles. The molecule has 11 heavy (non-hydrogen) atoms. The van der Waals surface area contributed by atoms with E-state index in [1.165, 1.54) is 6.07 Å². The second-order valence-electron chi connectivity index (χ2n) is 1.98. The van der Waals surface area contributed by atoms with E-state index in [1.807, 2.05) is 0 Å². The number of halogens is 1. The summed E-state index contributed by atoms with van der Waals surface area (Å²) in [7, 11) is 0. The molecule has 0 unspecified atom stereocenters. The number of amides is 1. The van der Waals surface area contributed by atoms with Gasteiger partial charge in [-0.2, -0.15) is 0 Å². The van der Waals surface area contributed by atoms with Gasteiger partial charge in [-0.1, -0.05) is 6.07 Å². The summed E-state index contributed by atoms with van der Waals surface area (Å²) in [5, 5.41) is 0. The Morgan fingerprint density at radius 2 is 2.27 bits per heavy atom. The number of anilines is 1. The lowest BCUT2D eigenvalue weighted by Gasteiger charge is -1.99. The fourth-order valence-corrected chi connectivity index (χ4v) is 0.689. The molecule has 4 N–H and O–H groups in total. The Hall–Kier alpha value is -1.58. The highest BCUT2D eigenvalue weighted by molar-refractivity contribution is 5.97. The molecule has 0 atom stereocenters. The zero-order valence-corrected chi connectivity index (χ0v) is 5.60. The predicted molar refractivity (Wildman–Crippen MR) is 38.2 cm³/mol. The van der Waals surface area contributed by atoms with Gasteiger partial charge in [-0.05, 0) is 12.1 Å². The lowest BCUT2D eigenvalue weighted by atomic mass is 10.1. The molecule has 1 aromatic carbocycles. The molecule has 0 heterocycles. The summed E-state index contributed by atoms with van der Waals surface area (Å²) in [4.78, 5) is 10.5. The van der Waals surface area contributed by atoms with E-state index in [4.69, 9.17) is 11.5 Å². The third-order valence-electron chi connectivity index (χ3n) is 1.23. The number of hydrogen-bond donors (Lipinski definition) is 2. The maximum atomic E-state index is 12.6. The lowest BCUT2D eigenvalue weighted by molar-refractivity contribution is 0.100. The van der Waals surface area contributed by atoms with Crippen LogP contribution in [-0.4, -0.2) is 5.91 Å². The molecule has 1 amide bonds. The van der Waals surface area contributed by atoms with Crippen molar-refractivity contribution >= 4 is 11.6 Å². The smallest absolute Gasteiger partial charge is 0.251 e. The predicted octanol–water partition coefficient (Wildman–Crippen LogP) is 0.307. The minimum atomic E-state index is -0.776. The Labute approximate surface area is 62.8 Å². The molecule has 1 rings (SSSR count). The van der Waals surface area contributed by atoms with Crippen molar-refractivity contribution in [1.29, 1.82) is 0 Å². The van der Waals surface area contributed by atoms with E-state index in [-0.39, 0.29) is 11.3 Å². The van der Waals surface area contributed by atoms with Crippen LogP contribution in [0.1, 0.15) is 10.4 Å². The average molecular weight is 153 g/mol. The standard InChI is InChI=1S/C7H6FN2O/c8-5-3-1-2-4(6(5)9)7(10)11/h1,3H,9H2,(H2,10,11). The lowest BCUT2D eigenvalue weighted by Crippen LogP contribution is -2.14. The van der Waals surface area contributed by atoms with Crippen LogP contribution in [0, 0.1) is 11.9 Å². The normalized spacial score (nSPS) is 9.55. The van der Waals surface area contributed by atoms with Crippen molar-refractivity contribution in [2.75, 3.05) is 5.73 Å². The molecule has 57 valence electrons. The maximum Gasteiger partial charge on any atom is 0.251 e. The molecule has 3 nitrogen and oxygen atoms in total. The van der Waals surface area contributed by atoms with E-state index in [2.05, 4.69) is 6.07 Å². The SMILES string of the molecule is NC(=O)c1[c]ccc(F)c1N. The monoisotopic (exact) mass is 153 g/mol. The van der Waals surface area contributed by atoms with Gasteiger partial charge in [-0.25, -0.2) is 4.39 Å². The molecule has 1 radical (unpaired) electrons. The van der Waals surface area contributed by atoms with Gasteiger partial charge in [0.2, 0.25) is 0 Å². The van der Waals surface area contributed by atoms with E-state index in [0.717, 1.165) is 6.07 Å². The second kappa shape index (κ2) is 2.57. The van der Waals surface area contributed by atoms with Crippen LogP contribution in [-0.2, 0) is 0 Å². The number of carbonyl (C=O) groups is 1. The molecule has 0 saturated heterocycles. The highest BCUT2D eigenvalue weighted by Gasteiger charge is 2.08. The van der Waals surface area contributed by atoms with Gasteiger partial charge < -0.3 is 11.5 Å². The van der Waals surface area contributed by atoms with Crippen LogP contribution in [0.5, 0.6) is 0 Å². The van der Waals surface area contributed by atoms with Crippen LogP contribution in [0.4, 0.5) is 10.1 Å². The van der Waals surface area contributed by atoms with E-state index in [0.29, 0.717) is 0 Å². The number of hydrogen-bond acceptors (Lipinski definition) is 2. The van der Waals surface area contributed by atoms with E-state index in [1.54, 1.807) is 0 Å². The summed E-state index contributed by atoms with van der Waals surface area (Å²) in [6.45, 7) is 0. The van der Waals surface area contributed by atoms with E-state index < -0.39 is 11.7 Å². The Morgan fingerprint density at radius 1 is 1.64 bits per heavy atom. The summed E-state index contributed by atoms with van der Waals surface area (Å²) >= 11 is 0. The summed E-state index contributed by atoms with van der Waals surface area (Å²) in [6.07, 6.45) is 0. The first-order chi connectivity index (χ1) is 5.13. The van der Waals surface area contributed by atoms with Crippen molar-refractivity contribution in [1.82, 2.24) is 0 Å². The number of nitrogen functional groups attached to an aromatic ring is 1. The molecule has 4 heteroatoms. The van der Waals surface area contributed by atoms with Crippen LogP contribution in [0.25, 0.3) is 0 Å². The first kappa shape index (κ1) is 7.53. The van der Waals surface area contributed by atoms with Gasteiger partial charge in [0.1, 0.15) is 5.82 Å². The molecule has 0 saturated carbocycles. The Morgan fingerprint density at radius 3 is 2.73 bits per heavy atom. The van der Waals surface area contributed by atoms with Crippen LogP contribution in [0.15, 0.2) is 12.1 Å². The number of primary amides is 1. The van der Waals surface area contributed by atoms with E-state index >= 15 is 0 Å². The van der Waals surface area contributed by atoms with Crippen LogP contribution >= 0.6 is 0 Å². The van der Waals surface area contributed by atoms with Crippen molar-refractivity contribution in [3.63, 3.8) is 0 Å². The van der Waals surface area contributed by atoms with Crippen molar-refractivity contribution < 1.29 is 9.18 Å². The largest absolute Gasteiger partial charge is 0.396 e. The zero-order chi connectivity index (χ0) is 8.43. The number of carbonyl (C=O) groups excluding carboxylic acids is 1. The molecule has 0 aliphatic rings. The maximum absolute atomic E-state index is 12.6. The van der Waals surface area contributed by atoms with E-state index in [9.17, 15) is 9.18 Å². The number of rotatable bonds is 1. The van der Waals surface area contributed by atoms with Gasteiger partial charge >= 0.3 is 0 Å². The Kier molecular flexibility index (Phi) is 1.76. The minimum Gasteiger partial charge on any atom is -0.396 e. The Bertz CT molecular complexity index is 298. The first-order valence-electron chi connectivity index (χ1n) is 2.88. The molecule has 0 fully saturated rings. The molecular weight excluding hydrogens is 147 g/mol. The van der Waals surface area contributed by atoms with Crippen LogP contribution in [0.3, 0.4) is 0 Å². The highest BCUT2D eigenvalue weighted by Crippen LogP contribution is 2.13. The van der Waals surface area contributed by atoms with Crippen LogP contribution < -0.4 is 11.5 Å².